The summed E-state index contributed by atoms with van der Waals surface area (Å²) in [5, 5.41) is 9.20. The number of pyridine rings is 1. The molecule has 0 saturated heterocycles. The summed E-state index contributed by atoms with van der Waals surface area (Å²) < 4.78 is 1.76. The molecule has 4 aromatic rings. The van der Waals surface area contributed by atoms with Crippen LogP contribution in [-0.2, 0) is 6.54 Å². The number of carbonyl (C=O) groups is 1. The predicted octanol–water partition coefficient (Wildman–Crippen LogP) is 5.04. The van der Waals surface area contributed by atoms with Crippen molar-refractivity contribution < 1.29 is 4.79 Å². The summed E-state index contributed by atoms with van der Waals surface area (Å²) in [6.45, 7) is 0.424. The minimum Gasteiger partial charge on any atom is -0.305 e. The molecular formula is C20H14Cl2N4O. The number of nitrogens with zero attached hydrogens (tertiary/aromatic N) is 3. The molecule has 134 valence electrons. The normalized spacial score (nSPS) is 10.9. The minimum absolute atomic E-state index is 0.314. The SMILES string of the molecule is O=C(Nc1ccccn1)c1nn(Cc2ccc(Cl)cc2Cl)c2ccccc12. The van der Waals surface area contributed by atoms with Gasteiger partial charge in [0.1, 0.15) is 5.82 Å². The van der Waals surface area contributed by atoms with E-state index in [0.717, 1.165) is 16.5 Å². The summed E-state index contributed by atoms with van der Waals surface area (Å²) in [5.41, 5.74) is 2.04. The van der Waals surface area contributed by atoms with Crippen molar-refractivity contribution in [3.05, 3.63) is 88.2 Å². The maximum atomic E-state index is 12.7. The van der Waals surface area contributed by atoms with E-state index in [0.29, 0.717) is 28.1 Å². The number of benzene rings is 2. The Morgan fingerprint density at radius 2 is 1.85 bits per heavy atom. The van der Waals surface area contributed by atoms with Gasteiger partial charge in [-0.3, -0.25) is 9.48 Å². The molecule has 1 N–H and O–H groups in total. The van der Waals surface area contributed by atoms with Crippen LogP contribution in [0.2, 0.25) is 10.0 Å². The van der Waals surface area contributed by atoms with E-state index < -0.39 is 0 Å². The Hall–Kier alpha value is -2.89. The lowest BCUT2D eigenvalue weighted by Gasteiger charge is -2.06. The molecule has 2 aromatic heterocycles. The number of para-hydroxylation sites is 1. The number of nitrogens with one attached hydrogen (secondary N) is 1. The predicted molar refractivity (Wildman–Crippen MR) is 107 cm³/mol. The van der Waals surface area contributed by atoms with Gasteiger partial charge in [-0.25, -0.2) is 4.98 Å². The van der Waals surface area contributed by atoms with E-state index in [4.69, 9.17) is 23.2 Å². The number of anilines is 1. The summed E-state index contributed by atoms with van der Waals surface area (Å²) in [5.74, 6) is 0.160. The van der Waals surface area contributed by atoms with Gasteiger partial charge in [0.05, 0.1) is 12.1 Å². The zero-order valence-corrected chi connectivity index (χ0v) is 15.6. The number of hydrogen-bond donors (Lipinski definition) is 1. The van der Waals surface area contributed by atoms with Crippen LogP contribution in [0.5, 0.6) is 0 Å². The van der Waals surface area contributed by atoms with Gasteiger partial charge in [0, 0.05) is 21.6 Å². The van der Waals surface area contributed by atoms with Crippen molar-refractivity contribution in [1.82, 2.24) is 14.8 Å². The van der Waals surface area contributed by atoms with Crippen LogP contribution in [0.1, 0.15) is 16.1 Å². The summed E-state index contributed by atoms with van der Waals surface area (Å²) in [6.07, 6.45) is 1.62. The summed E-state index contributed by atoms with van der Waals surface area (Å²) in [7, 11) is 0. The third-order valence-corrected chi connectivity index (χ3v) is 4.70. The first kappa shape index (κ1) is 17.5. The molecule has 2 heterocycles. The fourth-order valence-corrected chi connectivity index (χ4v) is 3.31. The number of halogens is 2. The maximum absolute atomic E-state index is 12.7. The second-order valence-electron chi connectivity index (χ2n) is 5.93. The van der Waals surface area contributed by atoms with Crippen molar-refractivity contribution in [2.45, 2.75) is 6.54 Å². The van der Waals surface area contributed by atoms with Gasteiger partial charge < -0.3 is 5.32 Å². The Morgan fingerprint density at radius 1 is 1.04 bits per heavy atom. The Bertz CT molecular complexity index is 1130. The van der Waals surface area contributed by atoms with E-state index in [2.05, 4.69) is 15.4 Å². The van der Waals surface area contributed by atoms with Crippen LogP contribution in [0.25, 0.3) is 10.9 Å². The van der Waals surface area contributed by atoms with Gasteiger partial charge in [-0.05, 0) is 35.9 Å². The highest BCUT2D eigenvalue weighted by Gasteiger charge is 2.18. The largest absolute Gasteiger partial charge is 0.305 e. The average Bonchev–Trinajstić information content (AvgIpc) is 3.04. The Balaban J connectivity index is 1.71. The average molecular weight is 397 g/mol. The summed E-state index contributed by atoms with van der Waals surface area (Å²) in [4.78, 5) is 16.9. The van der Waals surface area contributed by atoms with Crippen molar-refractivity contribution in [1.29, 1.82) is 0 Å². The van der Waals surface area contributed by atoms with E-state index in [9.17, 15) is 4.79 Å². The van der Waals surface area contributed by atoms with Gasteiger partial charge in [0.15, 0.2) is 5.69 Å². The van der Waals surface area contributed by atoms with Crippen LogP contribution in [0.3, 0.4) is 0 Å². The van der Waals surface area contributed by atoms with Crippen LogP contribution in [-0.4, -0.2) is 20.7 Å². The lowest BCUT2D eigenvalue weighted by molar-refractivity contribution is 0.102. The molecule has 2 aromatic carbocycles. The highest BCUT2D eigenvalue weighted by Crippen LogP contribution is 2.25. The van der Waals surface area contributed by atoms with Gasteiger partial charge in [-0.1, -0.05) is 53.5 Å². The summed E-state index contributed by atoms with van der Waals surface area (Å²) in [6, 6.07) is 18.2. The van der Waals surface area contributed by atoms with E-state index in [1.54, 1.807) is 35.1 Å². The second-order valence-corrected chi connectivity index (χ2v) is 6.77. The van der Waals surface area contributed by atoms with Crippen LogP contribution in [0.4, 0.5) is 5.82 Å². The molecule has 0 aliphatic heterocycles. The molecule has 27 heavy (non-hydrogen) atoms. The van der Waals surface area contributed by atoms with Gasteiger partial charge in [-0.15, -0.1) is 0 Å². The molecule has 0 atom stereocenters. The Labute approximate surface area is 165 Å². The standard InChI is InChI=1S/C20H14Cl2N4O/c21-14-9-8-13(16(22)11-14)12-26-17-6-2-1-5-15(17)19(25-26)20(27)24-18-7-3-4-10-23-18/h1-11H,12H2,(H,23,24,27). The molecule has 4 rings (SSSR count). The van der Waals surface area contributed by atoms with Gasteiger partial charge in [-0.2, -0.15) is 5.10 Å². The Kier molecular flexibility index (Phi) is 4.79. The monoisotopic (exact) mass is 396 g/mol. The van der Waals surface area contributed by atoms with Crippen LogP contribution >= 0.6 is 23.2 Å². The first-order valence-corrected chi connectivity index (χ1v) is 8.99. The van der Waals surface area contributed by atoms with Crippen molar-refractivity contribution in [3.8, 4) is 0 Å². The van der Waals surface area contributed by atoms with E-state index in [1.807, 2.05) is 36.4 Å². The number of aromatic nitrogens is 3. The smallest absolute Gasteiger partial charge is 0.277 e. The topological polar surface area (TPSA) is 59.8 Å². The van der Waals surface area contributed by atoms with Crippen molar-refractivity contribution >= 4 is 45.8 Å². The van der Waals surface area contributed by atoms with Crippen molar-refractivity contribution in [2.24, 2.45) is 0 Å². The van der Waals surface area contributed by atoms with Crippen LogP contribution in [0, 0.1) is 0 Å². The van der Waals surface area contributed by atoms with Gasteiger partial charge in [0.25, 0.3) is 5.91 Å². The molecule has 0 saturated carbocycles. The molecule has 0 fully saturated rings. The summed E-state index contributed by atoms with van der Waals surface area (Å²) >= 11 is 12.3. The molecule has 0 aliphatic carbocycles. The fourth-order valence-electron chi connectivity index (χ4n) is 2.84. The fraction of sp³-hybridized carbons (Fsp3) is 0.0500. The number of carbonyl (C=O) groups excluding carboxylic acids is 1. The molecule has 0 spiro atoms. The highest BCUT2D eigenvalue weighted by molar-refractivity contribution is 6.35. The van der Waals surface area contributed by atoms with Crippen LogP contribution in [0.15, 0.2) is 66.9 Å². The molecule has 0 aliphatic rings. The third kappa shape index (κ3) is 3.65. The first-order valence-electron chi connectivity index (χ1n) is 8.23. The lowest BCUT2D eigenvalue weighted by Crippen LogP contribution is -2.14. The highest BCUT2D eigenvalue weighted by atomic mass is 35.5. The zero-order chi connectivity index (χ0) is 18.8. The quantitative estimate of drug-likeness (QED) is 0.525. The molecule has 7 heteroatoms. The first-order chi connectivity index (χ1) is 13.1. The molecule has 0 unspecified atom stereocenters. The van der Waals surface area contributed by atoms with E-state index in [-0.39, 0.29) is 5.91 Å². The zero-order valence-electron chi connectivity index (χ0n) is 14.1. The van der Waals surface area contributed by atoms with E-state index >= 15 is 0 Å². The Morgan fingerprint density at radius 3 is 2.63 bits per heavy atom. The lowest BCUT2D eigenvalue weighted by atomic mass is 10.2. The molecule has 5 nitrogen and oxygen atoms in total. The third-order valence-electron chi connectivity index (χ3n) is 4.11. The number of amides is 1. The second kappa shape index (κ2) is 7.39. The molecule has 0 bridgehead atoms. The molecular weight excluding hydrogens is 383 g/mol. The van der Waals surface area contributed by atoms with Crippen molar-refractivity contribution in [2.75, 3.05) is 5.32 Å². The molecule has 1 amide bonds. The van der Waals surface area contributed by atoms with E-state index in [1.165, 1.54) is 0 Å². The number of hydrogen-bond acceptors (Lipinski definition) is 3. The van der Waals surface area contributed by atoms with Gasteiger partial charge >= 0.3 is 0 Å². The number of rotatable bonds is 4. The van der Waals surface area contributed by atoms with Crippen molar-refractivity contribution in [3.63, 3.8) is 0 Å². The van der Waals surface area contributed by atoms with Crippen LogP contribution < -0.4 is 5.32 Å². The molecule has 0 radical (unpaired) electrons. The van der Waals surface area contributed by atoms with Gasteiger partial charge in [0.2, 0.25) is 0 Å². The minimum atomic E-state index is -0.314. The number of fused-ring (bicyclic) bond motifs is 1. The maximum Gasteiger partial charge on any atom is 0.277 e.